The van der Waals surface area contributed by atoms with Crippen LogP contribution in [0.25, 0.3) is 0 Å². The van der Waals surface area contributed by atoms with Crippen molar-refractivity contribution in [2.24, 2.45) is 0 Å². The van der Waals surface area contributed by atoms with Gasteiger partial charge in [-0.3, -0.25) is 10.0 Å². The Morgan fingerprint density at radius 1 is 0.682 bits per heavy atom. The zero-order valence-corrected chi connectivity index (χ0v) is 14.2. The number of nitrogens with one attached hydrogen (secondary N) is 1. The van der Waals surface area contributed by atoms with Crippen LogP contribution in [0.15, 0.2) is 0 Å². The molecule has 0 unspecified atom stereocenters. The molecule has 0 aromatic rings. The Hall–Kier alpha value is -0.900. The number of carbonyl (C=O) groups is 2. The van der Waals surface area contributed by atoms with Crippen LogP contribution in [-0.2, 0) is 9.59 Å². The van der Waals surface area contributed by atoms with Crippen molar-refractivity contribution in [1.82, 2.24) is 5.48 Å². The molecule has 0 saturated carbocycles. The highest BCUT2D eigenvalue weighted by Crippen LogP contribution is 2.13. The number of hydrogen-bond donors (Lipinski definition) is 2. The quantitative estimate of drug-likeness (QED) is 0.173. The fourth-order valence-electron chi connectivity index (χ4n) is 2.69. The van der Waals surface area contributed by atoms with Gasteiger partial charge in [0, 0.05) is 12.8 Å². The molecule has 130 valence electrons. The molecule has 4 heteroatoms. The summed E-state index contributed by atoms with van der Waals surface area (Å²) in [4.78, 5) is 20.9. The van der Waals surface area contributed by atoms with Gasteiger partial charge in [0.25, 0.3) is 0 Å². The Morgan fingerprint density at radius 2 is 1.05 bits per heavy atom. The molecular weight excluding hydrogens is 278 g/mol. The molecule has 0 spiro atoms. The van der Waals surface area contributed by atoms with Crippen molar-refractivity contribution in [1.29, 1.82) is 0 Å². The number of hydroxylamine groups is 1. The number of amides is 1. The standard InChI is InChI=1S/C18H35NO3/c20-17-15-13-11-9-7-5-3-1-2-4-6-8-10-12-14-16-18(21)19-22/h17,22H,1-16H2,(H,19,21). The third-order valence-electron chi connectivity index (χ3n) is 4.10. The second-order valence-electron chi connectivity index (χ2n) is 6.19. The van der Waals surface area contributed by atoms with E-state index in [9.17, 15) is 9.59 Å². The summed E-state index contributed by atoms with van der Waals surface area (Å²) < 4.78 is 0. The molecule has 0 aromatic heterocycles. The molecule has 0 aromatic carbocycles. The lowest BCUT2D eigenvalue weighted by molar-refractivity contribution is -0.129. The van der Waals surface area contributed by atoms with Gasteiger partial charge in [-0.05, 0) is 12.8 Å². The van der Waals surface area contributed by atoms with E-state index in [0.29, 0.717) is 6.42 Å². The molecule has 0 heterocycles. The van der Waals surface area contributed by atoms with Gasteiger partial charge in [0.05, 0.1) is 0 Å². The highest BCUT2D eigenvalue weighted by Gasteiger charge is 1.98. The molecule has 0 saturated heterocycles. The zero-order chi connectivity index (χ0) is 16.3. The van der Waals surface area contributed by atoms with Gasteiger partial charge >= 0.3 is 0 Å². The maximum Gasteiger partial charge on any atom is 0.243 e. The third-order valence-corrected chi connectivity index (χ3v) is 4.10. The minimum Gasteiger partial charge on any atom is -0.303 e. The molecule has 0 aliphatic heterocycles. The van der Waals surface area contributed by atoms with Gasteiger partial charge in [-0.1, -0.05) is 77.0 Å². The van der Waals surface area contributed by atoms with Gasteiger partial charge in [-0.15, -0.1) is 0 Å². The predicted molar refractivity (Wildman–Crippen MR) is 89.9 cm³/mol. The molecule has 0 rings (SSSR count). The fraction of sp³-hybridized carbons (Fsp3) is 0.889. The molecule has 22 heavy (non-hydrogen) atoms. The largest absolute Gasteiger partial charge is 0.303 e. The lowest BCUT2D eigenvalue weighted by atomic mass is 10.0. The fourth-order valence-corrected chi connectivity index (χ4v) is 2.69. The molecule has 0 atom stereocenters. The highest BCUT2D eigenvalue weighted by atomic mass is 16.5. The van der Waals surface area contributed by atoms with Crippen molar-refractivity contribution in [3.63, 3.8) is 0 Å². The lowest BCUT2D eigenvalue weighted by Gasteiger charge is -2.03. The number of carbonyl (C=O) groups excluding carboxylic acids is 2. The molecule has 2 N–H and O–H groups in total. The SMILES string of the molecule is O=CCCCCCCCCCCCCCCCCC(=O)NO. The number of unbranched alkanes of at least 4 members (excludes halogenated alkanes) is 14. The van der Waals surface area contributed by atoms with E-state index in [1.807, 2.05) is 0 Å². The number of rotatable bonds is 17. The lowest BCUT2D eigenvalue weighted by Crippen LogP contribution is -2.17. The monoisotopic (exact) mass is 313 g/mol. The van der Waals surface area contributed by atoms with Crippen molar-refractivity contribution in [3.05, 3.63) is 0 Å². The second kappa shape index (κ2) is 18.1. The molecule has 0 fully saturated rings. The third kappa shape index (κ3) is 17.2. The average Bonchev–Trinajstić information content (AvgIpc) is 2.54. The Kier molecular flexibility index (Phi) is 17.4. The first-order chi connectivity index (χ1) is 10.8. The van der Waals surface area contributed by atoms with E-state index in [1.54, 1.807) is 5.48 Å². The zero-order valence-electron chi connectivity index (χ0n) is 14.2. The summed E-state index contributed by atoms with van der Waals surface area (Å²) in [5.41, 5.74) is 1.66. The molecule has 0 radical (unpaired) electrons. The van der Waals surface area contributed by atoms with E-state index in [2.05, 4.69) is 0 Å². The van der Waals surface area contributed by atoms with Crippen LogP contribution in [-0.4, -0.2) is 17.4 Å². The van der Waals surface area contributed by atoms with Crippen LogP contribution in [0.2, 0.25) is 0 Å². The minimum atomic E-state index is -0.274. The molecule has 0 aliphatic carbocycles. The van der Waals surface area contributed by atoms with Crippen LogP contribution in [0.5, 0.6) is 0 Å². The van der Waals surface area contributed by atoms with Crippen LogP contribution in [0.1, 0.15) is 103 Å². The average molecular weight is 313 g/mol. The summed E-state index contributed by atoms with van der Waals surface area (Å²) in [7, 11) is 0. The van der Waals surface area contributed by atoms with Gasteiger partial charge in [-0.2, -0.15) is 0 Å². The second-order valence-corrected chi connectivity index (χ2v) is 6.19. The molecule has 1 amide bonds. The maximum atomic E-state index is 10.8. The van der Waals surface area contributed by atoms with Gasteiger partial charge in [-0.25, -0.2) is 5.48 Å². The molecular formula is C18H35NO3. The van der Waals surface area contributed by atoms with E-state index in [0.717, 1.165) is 32.0 Å². The maximum absolute atomic E-state index is 10.8. The summed E-state index contributed by atoms with van der Waals surface area (Å²) in [6.07, 6.45) is 19.5. The summed E-state index contributed by atoms with van der Waals surface area (Å²) in [6, 6.07) is 0. The van der Waals surface area contributed by atoms with E-state index in [-0.39, 0.29) is 5.91 Å². The van der Waals surface area contributed by atoms with Crippen LogP contribution in [0.4, 0.5) is 0 Å². The Balaban J connectivity index is 2.99. The van der Waals surface area contributed by atoms with E-state index in [4.69, 9.17) is 5.21 Å². The van der Waals surface area contributed by atoms with Crippen LogP contribution >= 0.6 is 0 Å². The van der Waals surface area contributed by atoms with Crippen molar-refractivity contribution in [2.75, 3.05) is 0 Å². The van der Waals surface area contributed by atoms with Crippen molar-refractivity contribution in [2.45, 2.75) is 103 Å². The summed E-state index contributed by atoms with van der Waals surface area (Å²) in [5.74, 6) is -0.274. The predicted octanol–water partition coefficient (Wildman–Crippen LogP) is 4.93. The molecule has 4 nitrogen and oxygen atoms in total. The van der Waals surface area contributed by atoms with Crippen LogP contribution < -0.4 is 5.48 Å². The number of hydrogen-bond acceptors (Lipinski definition) is 3. The normalized spacial score (nSPS) is 10.6. The van der Waals surface area contributed by atoms with Gasteiger partial charge in [0.1, 0.15) is 6.29 Å². The van der Waals surface area contributed by atoms with Gasteiger partial charge in [0.15, 0.2) is 0 Å². The van der Waals surface area contributed by atoms with Gasteiger partial charge < -0.3 is 4.79 Å². The minimum absolute atomic E-state index is 0.274. The van der Waals surface area contributed by atoms with Crippen LogP contribution in [0, 0.1) is 0 Å². The van der Waals surface area contributed by atoms with E-state index in [1.165, 1.54) is 70.6 Å². The van der Waals surface area contributed by atoms with Crippen molar-refractivity contribution >= 4 is 12.2 Å². The molecule has 0 bridgehead atoms. The van der Waals surface area contributed by atoms with E-state index < -0.39 is 0 Å². The topological polar surface area (TPSA) is 66.4 Å². The Labute approximate surface area is 136 Å². The van der Waals surface area contributed by atoms with Crippen molar-refractivity contribution in [3.8, 4) is 0 Å². The Morgan fingerprint density at radius 3 is 1.41 bits per heavy atom. The summed E-state index contributed by atoms with van der Waals surface area (Å²) in [5, 5.41) is 8.35. The van der Waals surface area contributed by atoms with Gasteiger partial charge in [0.2, 0.25) is 5.91 Å². The van der Waals surface area contributed by atoms with Crippen LogP contribution in [0.3, 0.4) is 0 Å². The molecule has 0 aliphatic rings. The Bertz CT molecular complexity index is 257. The summed E-state index contributed by atoms with van der Waals surface area (Å²) >= 11 is 0. The summed E-state index contributed by atoms with van der Waals surface area (Å²) in [6.45, 7) is 0. The number of aldehydes is 1. The van der Waals surface area contributed by atoms with E-state index >= 15 is 0 Å². The highest BCUT2D eigenvalue weighted by molar-refractivity contribution is 5.74. The first-order valence-electron chi connectivity index (χ1n) is 9.18. The smallest absolute Gasteiger partial charge is 0.243 e. The first-order valence-corrected chi connectivity index (χ1v) is 9.18. The first kappa shape index (κ1) is 21.1. The van der Waals surface area contributed by atoms with Crippen molar-refractivity contribution < 1.29 is 14.8 Å².